The third-order valence-corrected chi connectivity index (χ3v) is 8.08. The minimum atomic E-state index is -0.118. The van der Waals surface area contributed by atoms with Crippen molar-refractivity contribution in [3.05, 3.63) is 0 Å². The number of hydrogen-bond donors (Lipinski definition) is 0. The molecule has 0 aliphatic heterocycles. The first kappa shape index (κ1) is 37.9. The van der Waals surface area contributed by atoms with E-state index in [1.165, 1.54) is 116 Å². The highest BCUT2D eigenvalue weighted by molar-refractivity contribution is 5.69. The summed E-state index contributed by atoms with van der Waals surface area (Å²) in [5.41, 5.74) is -0.0896. The van der Waals surface area contributed by atoms with Crippen LogP contribution in [0.15, 0.2) is 0 Å². The van der Waals surface area contributed by atoms with E-state index in [0.717, 1.165) is 25.7 Å². The Kier molecular flexibility index (Phi) is 26.4. The van der Waals surface area contributed by atoms with Crippen LogP contribution < -0.4 is 0 Å². The SMILES string of the molecule is CCCCCCCCCCCCCC(=O)OCC(COC(=O)CCCCCCCCCCCCC)C(C)(C)C. The quantitative estimate of drug-likeness (QED) is 0.0715. The van der Waals surface area contributed by atoms with Crippen molar-refractivity contribution in [3.63, 3.8) is 0 Å². The molecule has 0 saturated carbocycles. The first-order chi connectivity index (χ1) is 18.8. The molecule has 0 aromatic rings. The molecule has 0 amide bonds. The molecule has 0 bridgehead atoms. The molecule has 0 N–H and O–H groups in total. The van der Waals surface area contributed by atoms with Crippen LogP contribution in [-0.2, 0) is 19.1 Å². The van der Waals surface area contributed by atoms with Gasteiger partial charge in [-0.3, -0.25) is 9.59 Å². The number of rotatable bonds is 28. The average molecular weight is 553 g/mol. The monoisotopic (exact) mass is 553 g/mol. The Bertz CT molecular complexity index is 509. The summed E-state index contributed by atoms with van der Waals surface area (Å²) in [4.78, 5) is 24.5. The molecule has 0 aliphatic rings. The lowest BCUT2D eigenvalue weighted by molar-refractivity contribution is -0.151. The Morgan fingerprint density at radius 2 is 0.718 bits per heavy atom. The molecule has 0 rings (SSSR count). The maximum Gasteiger partial charge on any atom is 0.305 e. The summed E-state index contributed by atoms with van der Waals surface area (Å²) >= 11 is 0. The fraction of sp³-hybridized carbons (Fsp3) is 0.943. The minimum absolute atomic E-state index is 0.0139. The lowest BCUT2D eigenvalue weighted by Gasteiger charge is -2.29. The molecule has 0 radical (unpaired) electrons. The summed E-state index contributed by atoms with van der Waals surface area (Å²) in [7, 11) is 0. The van der Waals surface area contributed by atoms with E-state index in [9.17, 15) is 9.59 Å². The van der Waals surface area contributed by atoms with Gasteiger partial charge in [0.25, 0.3) is 0 Å². The van der Waals surface area contributed by atoms with Crippen molar-refractivity contribution in [2.24, 2.45) is 11.3 Å². The smallest absolute Gasteiger partial charge is 0.305 e. The lowest BCUT2D eigenvalue weighted by Crippen LogP contribution is -2.31. The molecule has 0 atom stereocenters. The van der Waals surface area contributed by atoms with E-state index in [0.29, 0.717) is 26.1 Å². The molecule has 4 heteroatoms. The fourth-order valence-corrected chi connectivity index (χ4v) is 4.95. The molecule has 0 saturated heterocycles. The van der Waals surface area contributed by atoms with Gasteiger partial charge in [-0.2, -0.15) is 0 Å². The van der Waals surface area contributed by atoms with Crippen LogP contribution in [0.4, 0.5) is 0 Å². The van der Waals surface area contributed by atoms with Crippen molar-refractivity contribution in [2.45, 2.75) is 189 Å². The van der Waals surface area contributed by atoms with Crippen LogP contribution in [0.2, 0.25) is 0 Å². The van der Waals surface area contributed by atoms with Crippen molar-refractivity contribution in [3.8, 4) is 0 Å². The van der Waals surface area contributed by atoms with Crippen LogP contribution in [0.5, 0.6) is 0 Å². The van der Waals surface area contributed by atoms with E-state index in [1.807, 2.05) is 0 Å². The summed E-state index contributed by atoms with van der Waals surface area (Å²) in [5.74, 6) is -0.222. The highest BCUT2D eigenvalue weighted by atomic mass is 16.5. The van der Waals surface area contributed by atoms with Gasteiger partial charge < -0.3 is 9.47 Å². The average Bonchev–Trinajstić information content (AvgIpc) is 2.89. The van der Waals surface area contributed by atoms with Gasteiger partial charge in [-0.1, -0.05) is 163 Å². The van der Waals surface area contributed by atoms with E-state index in [2.05, 4.69) is 34.6 Å². The molecule has 0 unspecified atom stereocenters. The topological polar surface area (TPSA) is 52.6 Å². The molecule has 0 aromatic carbocycles. The highest BCUT2D eigenvalue weighted by Gasteiger charge is 2.27. The third-order valence-electron chi connectivity index (χ3n) is 8.08. The zero-order chi connectivity index (χ0) is 29.0. The predicted molar refractivity (Wildman–Crippen MR) is 167 cm³/mol. The molecule has 232 valence electrons. The Hall–Kier alpha value is -1.06. The summed E-state index contributed by atoms with van der Waals surface area (Å²) in [6, 6.07) is 0. The summed E-state index contributed by atoms with van der Waals surface area (Å²) in [6.45, 7) is 11.5. The number of ether oxygens (including phenoxy) is 2. The predicted octanol–water partition coefficient (Wildman–Crippen LogP) is 11.1. The van der Waals surface area contributed by atoms with Gasteiger partial charge in [0.05, 0.1) is 13.2 Å². The Morgan fingerprint density at radius 1 is 0.462 bits per heavy atom. The molecule has 0 heterocycles. The molecule has 0 spiro atoms. The van der Waals surface area contributed by atoms with E-state index >= 15 is 0 Å². The second-order valence-corrected chi connectivity index (χ2v) is 13.0. The normalized spacial score (nSPS) is 11.7. The number of carbonyl (C=O) groups excluding carboxylic acids is 2. The van der Waals surface area contributed by atoms with Crippen LogP contribution in [0.1, 0.15) is 189 Å². The number of hydrogen-bond acceptors (Lipinski definition) is 4. The summed E-state index contributed by atoms with van der Waals surface area (Å²) in [6.07, 6.45) is 29.0. The van der Waals surface area contributed by atoms with E-state index in [-0.39, 0.29) is 23.3 Å². The Labute approximate surface area is 244 Å². The van der Waals surface area contributed by atoms with Crippen LogP contribution >= 0.6 is 0 Å². The lowest BCUT2D eigenvalue weighted by atomic mass is 9.82. The van der Waals surface area contributed by atoms with Gasteiger partial charge >= 0.3 is 11.9 Å². The third kappa shape index (κ3) is 26.9. The first-order valence-corrected chi connectivity index (χ1v) is 17.1. The van der Waals surface area contributed by atoms with E-state index in [1.54, 1.807) is 0 Å². The standard InChI is InChI=1S/C35H68O4/c1-6-8-10-12-14-16-18-20-22-24-26-28-33(36)38-30-32(35(3,4)5)31-39-34(37)29-27-25-23-21-19-17-15-13-11-9-7-2/h32H,6-31H2,1-5H3. The number of carbonyl (C=O) groups is 2. The van der Waals surface area contributed by atoms with Crippen molar-refractivity contribution in [1.82, 2.24) is 0 Å². The van der Waals surface area contributed by atoms with Gasteiger partial charge in [-0.15, -0.1) is 0 Å². The molecule has 4 nitrogen and oxygen atoms in total. The Morgan fingerprint density at radius 3 is 0.974 bits per heavy atom. The van der Waals surface area contributed by atoms with Gasteiger partial charge in [0.2, 0.25) is 0 Å². The largest absolute Gasteiger partial charge is 0.465 e. The molecule has 0 fully saturated rings. The van der Waals surface area contributed by atoms with Crippen LogP contribution in [0.25, 0.3) is 0 Å². The van der Waals surface area contributed by atoms with Gasteiger partial charge in [0.1, 0.15) is 0 Å². The van der Waals surface area contributed by atoms with Gasteiger partial charge in [-0.05, 0) is 18.3 Å². The molecule has 0 aromatic heterocycles. The van der Waals surface area contributed by atoms with Crippen LogP contribution in [-0.4, -0.2) is 25.2 Å². The van der Waals surface area contributed by atoms with Crippen LogP contribution in [0, 0.1) is 11.3 Å². The minimum Gasteiger partial charge on any atom is -0.465 e. The van der Waals surface area contributed by atoms with Crippen molar-refractivity contribution >= 4 is 11.9 Å². The summed E-state index contributed by atoms with van der Waals surface area (Å²) < 4.78 is 11.2. The van der Waals surface area contributed by atoms with Gasteiger partial charge in [0.15, 0.2) is 0 Å². The second-order valence-electron chi connectivity index (χ2n) is 13.0. The zero-order valence-corrected chi connectivity index (χ0v) is 27.1. The maximum absolute atomic E-state index is 12.3. The van der Waals surface area contributed by atoms with Crippen molar-refractivity contribution in [1.29, 1.82) is 0 Å². The maximum atomic E-state index is 12.3. The Balaban J connectivity index is 3.82. The van der Waals surface area contributed by atoms with Crippen molar-refractivity contribution < 1.29 is 19.1 Å². The van der Waals surface area contributed by atoms with Crippen LogP contribution in [0.3, 0.4) is 0 Å². The van der Waals surface area contributed by atoms with E-state index in [4.69, 9.17) is 9.47 Å². The molecule has 0 aliphatic carbocycles. The number of unbranched alkanes of at least 4 members (excludes halogenated alkanes) is 20. The zero-order valence-electron chi connectivity index (χ0n) is 27.1. The van der Waals surface area contributed by atoms with Gasteiger partial charge in [0, 0.05) is 18.8 Å². The van der Waals surface area contributed by atoms with E-state index < -0.39 is 0 Å². The van der Waals surface area contributed by atoms with Crippen molar-refractivity contribution in [2.75, 3.05) is 13.2 Å². The first-order valence-electron chi connectivity index (χ1n) is 17.1. The number of esters is 2. The molecule has 39 heavy (non-hydrogen) atoms. The summed E-state index contributed by atoms with van der Waals surface area (Å²) in [5, 5.41) is 0. The molecular formula is C35H68O4. The second kappa shape index (κ2) is 27.1. The highest BCUT2D eigenvalue weighted by Crippen LogP contribution is 2.27. The fourth-order valence-electron chi connectivity index (χ4n) is 4.95. The van der Waals surface area contributed by atoms with Gasteiger partial charge in [-0.25, -0.2) is 0 Å². The molecular weight excluding hydrogens is 484 g/mol.